The Hall–Kier alpha value is -1.06. The van der Waals surface area contributed by atoms with Crippen LogP contribution in [0, 0.1) is 0 Å². The van der Waals surface area contributed by atoms with Crippen molar-refractivity contribution in [3.63, 3.8) is 0 Å². The quantitative estimate of drug-likeness (QED) is 0.481. The summed E-state index contributed by atoms with van der Waals surface area (Å²) in [5.74, 6) is -0.169. The van der Waals surface area contributed by atoms with Gasteiger partial charge in [0.1, 0.15) is 6.04 Å². The third-order valence-electron chi connectivity index (χ3n) is 3.20. The van der Waals surface area contributed by atoms with Crippen molar-refractivity contribution in [1.82, 2.24) is 10.6 Å². The van der Waals surface area contributed by atoms with Crippen molar-refractivity contribution in [1.29, 1.82) is 0 Å². The van der Waals surface area contributed by atoms with Crippen LogP contribution in [0.4, 0.5) is 4.79 Å². The minimum absolute atomic E-state index is 0.169. The molecule has 2 N–H and O–H groups in total. The van der Waals surface area contributed by atoms with Gasteiger partial charge in [-0.1, -0.05) is 58.3 Å². The summed E-state index contributed by atoms with van der Waals surface area (Å²) < 4.78 is 0. The second-order valence-electron chi connectivity index (χ2n) is 4.78. The van der Waals surface area contributed by atoms with E-state index in [2.05, 4.69) is 17.6 Å². The number of urea groups is 1. The summed E-state index contributed by atoms with van der Waals surface area (Å²) in [6.07, 6.45) is 10.8. The molecule has 0 radical (unpaired) electrons. The fourth-order valence-corrected chi connectivity index (χ4v) is 2.14. The Morgan fingerprint density at radius 3 is 2.06 bits per heavy atom. The topological polar surface area (TPSA) is 58.2 Å². The smallest absolute Gasteiger partial charge is 0.322 e. The van der Waals surface area contributed by atoms with Gasteiger partial charge in [-0.2, -0.15) is 0 Å². The SMILES string of the molecule is CCCCCCCCCCC1NC(=O)NC1=O. The largest absolute Gasteiger partial charge is 0.326 e. The number of amides is 3. The highest BCUT2D eigenvalue weighted by atomic mass is 16.2. The van der Waals surface area contributed by atoms with Crippen LogP contribution in [-0.2, 0) is 4.79 Å². The minimum atomic E-state index is -0.348. The van der Waals surface area contributed by atoms with E-state index < -0.39 is 0 Å². The average molecular weight is 240 g/mol. The van der Waals surface area contributed by atoms with E-state index in [9.17, 15) is 9.59 Å². The molecule has 1 aliphatic heterocycles. The molecule has 98 valence electrons. The monoisotopic (exact) mass is 240 g/mol. The number of rotatable bonds is 9. The zero-order valence-electron chi connectivity index (χ0n) is 10.8. The molecule has 1 saturated heterocycles. The molecule has 1 fully saturated rings. The molecular weight excluding hydrogens is 216 g/mol. The second kappa shape index (κ2) is 8.09. The Morgan fingerprint density at radius 1 is 0.941 bits per heavy atom. The van der Waals surface area contributed by atoms with Gasteiger partial charge in [-0.15, -0.1) is 0 Å². The Kier molecular flexibility index (Phi) is 6.67. The van der Waals surface area contributed by atoms with Gasteiger partial charge in [-0.25, -0.2) is 4.79 Å². The van der Waals surface area contributed by atoms with Crippen molar-refractivity contribution < 1.29 is 9.59 Å². The van der Waals surface area contributed by atoms with Crippen LogP contribution in [0.1, 0.15) is 64.7 Å². The molecule has 1 aliphatic rings. The van der Waals surface area contributed by atoms with E-state index in [1.807, 2.05) is 0 Å². The molecule has 0 bridgehead atoms. The third kappa shape index (κ3) is 5.71. The summed E-state index contributed by atoms with van der Waals surface area (Å²) in [5, 5.41) is 4.88. The van der Waals surface area contributed by atoms with Crippen LogP contribution < -0.4 is 10.6 Å². The number of carbonyl (C=O) groups is 2. The molecule has 4 heteroatoms. The fraction of sp³-hybridized carbons (Fsp3) is 0.846. The van der Waals surface area contributed by atoms with Crippen molar-refractivity contribution in [2.45, 2.75) is 70.8 Å². The van der Waals surface area contributed by atoms with Crippen LogP contribution >= 0.6 is 0 Å². The lowest BCUT2D eigenvalue weighted by atomic mass is 10.0. The summed E-state index contributed by atoms with van der Waals surface area (Å²) in [7, 11) is 0. The molecule has 0 saturated carbocycles. The van der Waals surface area contributed by atoms with Crippen molar-refractivity contribution in [2.24, 2.45) is 0 Å². The van der Waals surface area contributed by atoms with Gasteiger partial charge >= 0.3 is 6.03 Å². The summed E-state index contributed by atoms with van der Waals surface area (Å²) in [6, 6.07) is -0.637. The van der Waals surface area contributed by atoms with Crippen molar-refractivity contribution in [3.05, 3.63) is 0 Å². The van der Waals surface area contributed by atoms with Gasteiger partial charge < -0.3 is 5.32 Å². The maximum Gasteiger partial charge on any atom is 0.322 e. The van der Waals surface area contributed by atoms with Gasteiger partial charge in [0, 0.05) is 0 Å². The Bertz CT molecular complexity index is 254. The number of carbonyl (C=O) groups excluding carboxylic acids is 2. The molecule has 3 amide bonds. The van der Waals surface area contributed by atoms with E-state index in [4.69, 9.17) is 0 Å². The first-order valence-electron chi connectivity index (χ1n) is 6.85. The van der Waals surface area contributed by atoms with Crippen molar-refractivity contribution >= 4 is 11.9 Å². The van der Waals surface area contributed by atoms with E-state index in [-0.39, 0.29) is 18.0 Å². The van der Waals surface area contributed by atoms with Gasteiger partial charge in [0.25, 0.3) is 5.91 Å². The van der Waals surface area contributed by atoms with Gasteiger partial charge in [-0.05, 0) is 6.42 Å². The van der Waals surface area contributed by atoms with Gasteiger partial charge in [0.15, 0.2) is 0 Å². The fourth-order valence-electron chi connectivity index (χ4n) is 2.14. The van der Waals surface area contributed by atoms with E-state index in [0.29, 0.717) is 0 Å². The molecule has 17 heavy (non-hydrogen) atoms. The summed E-state index contributed by atoms with van der Waals surface area (Å²) in [4.78, 5) is 22.1. The van der Waals surface area contributed by atoms with Crippen molar-refractivity contribution in [2.75, 3.05) is 0 Å². The Morgan fingerprint density at radius 2 is 1.53 bits per heavy atom. The molecule has 0 aromatic heterocycles. The van der Waals surface area contributed by atoms with Gasteiger partial charge in [0.2, 0.25) is 0 Å². The Balaban J connectivity index is 1.91. The van der Waals surface area contributed by atoms with Crippen LogP contribution in [0.15, 0.2) is 0 Å². The zero-order chi connectivity index (χ0) is 12.5. The number of nitrogens with one attached hydrogen (secondary N) is 2. The van der Waals surface area contributed by atoms with Crippen LogP contribution in [0.2, 0.25) is 0 Å². The second-order valence-corrected chi connectivity index (χ2v) is 4.78. The molecule has 0 aromatic carbocycles. The van der Waals surface area contributed by atoms with E-state index in [0.717, 1.165) is 19.3 Å². The first kappa shape index (κ1) is 14.0. The molecule has 1 rings (SSSR count). The lowest BCUT2D eigenvalue weighted by molar-refractivity contribution is -0.120. The highest BCUT2D eigenvalue weighted by Gasteiger charge is 2.28. The standard InChI is InChI=1S/C13H24N2O2/c1-2-3-4-5-6-7-8-9-10-11-12(16)15-13(17)14-11/h11H,2-10H2,1H3,(H2,14,15,16,17). The highest BCUT2D eigenvalue weighted by molar-refractivity contribution is 6.04. The summed E-state index contributed by atoms with van der Waals surface area (Å²) in [5.41, 5.74) is 0. The first-order valence-corrected chi connectivity index (χ1v) is 6.85. The molecule has 0 spiro atoms. The molecular formula is C13H24N2O2. The van der Waals surface area contributed by atoms with Gasteiger partial charge in [-0.3, -0.25) is 10.1 Å². The van der Waals surface area contributed by atoms with Crippen LogP contribution in [-0.4, -0.2) is 18.0 Å². The number of unbranched alkanes of at least 4 members (excludes halogenated alkanes) is 7. The van der Waals surface area contributed by atoms with Gasteiger partial charge in [0.05, 0.1) is 0 Å². The third-order valence-corrected chi connectivity index (χ3v) is 3.20. The minimum Gasteiger partial charge on any atom is -0.326 e. The lowest BCUT2D eigenvalue weighted by Crippen LogP contribution is -2.28. The normalized spacial score (nSPS) is 19.2. The van der Waals surface area contributed by atoms with Crippen molar-refractivity contribution in [3.8, 4) is 0 Å². The Labute approximate surface area is 104 Å². The number of hydrogen-bond acceptors (Lipinski definition) is 2. The predicted molar refractivity (Wildman–Crippen MR) is 67.7 cm³/mol. The molecule has 0 aromatic rings. The molecule has 4 nitrogen and oxygen atoms in total. The number of imide groups is 1. The average Bonchev–Trinajstić information content (AvgIpc) is 2.61. The predicted octanol–water partition coefficient (Wildman–Crippen LogP) is 2.73. The maximum absolute atomic E-state index is 11.2. The van der Waals surface area contributed by atoms with Crippen LogP contribution in [0.5, 0.6) is 0 Å². The molecule has 1 heterocycles. The van der Waals surface area contributed by atoms with E-state index in [1.165, 1.54) is 38.5 Å². The van der Waals surface area contributed by atoms with Crippen LogP contribution in [0.25, 0.3) is 0 Å². The summed E-state index contributed by atoms with van der Waals surface area (Å²) in [6.45, 7) is 2.22. The molecule has 0 aliphatic carbocycles. The van der Waals surface area contributed by atoms with E-state index >= 15 is 0 Å². The lowest BCUT2D eigenvalue weighted by Gasteiger charge is -2.06. The van der Waals surface area contributed by atoms with E-state index in [1.54, 1.807) is 0 Å². The number of hydrogen-bond donors (Lipinski definition) is 2. The zero-order valence-corrected chi connectivity index (χ0v) is 10.8. The molecule has 1 unspecified atom stereocenters. The molecule has 1 atom stereocenters. The maximum atomic E-state index is 11.2. The summed E-state index contributed by atoms with van der Waals surface area (Å²) >= 11 is 0. The first-order chi connectivity index (χ1) is 8.24. The highest BCUT2D eigenvalue weighted by Crippen LogP contribution is 2.11. The van der Waals surface area contributed by atoms with Crippen LogP contribution in [0.3, 0.4) is 0 Å².